The Morgan fingerprint density at radius 1 is 1.21 bits per heavy atom. The number of hydrogen-bond donors (Lipinski definition) is 1. The number of imidazole rings is 1. The maximum atomic E-state index is 6.16. The Kier molecular flexibility index (Phi) is 2.71. The third-order valence-corrected chi connectivity index (χ3v) is 3.10. The van der Waals surface area contributed by atoms with Gasteiger partial charge in [0.1, 0.15) is 13.2 Å². The van der Waals surface area contributed by atoms with Crippen molar-refractivity contribution < 1.29 is 9.47 Å². The van der Waals surface area contributed by atoms with E-state index in [1.165, 1.54) is 0 Å². The van der Waals surface area contributed by atoms with E-state index >= 15 is 0 Å². The molecule has 1 aliphatic heterocycles. The highest BCUT2D eigenvalue weighted by Crippen LogP contribution is 2.33. The van der Waals surface area contributed by atoms with E-state index in [1.807, 2.05) is 36.6 Å². The van der Waals surface area contributed by atoms with E-state index in [0.717, 1.165) is 22.9 Å². The summed E-state index contributed by atoms with van der Waals surface area (Å²) in [4.78, 5) is 4.19. The smallest absolute Gasteiger partial charge is 0.163 e. The van der Waals surface area contributed by atoms with Gasteiger partial charge in [-0.3, -0.25) is 0 Å². The lowest BCUT2D eigenvalue weighted by Crippen LogP contribution is -2.31. The van der Waals surface area contributed by atoms with Crippen LogP contribution in [0.4, 0.5) is 0 Å². The number of ether oxygens (including phenoxy) is 2. The van der Waals surface area contributed by atoms with Gasteiger partial charge in [-0.1, -0.05) is 0 Å². The lowest BCUT2D eigenvalue weighted by Gasteiger charge is -2.22. The van der Waals surface area contributed by atoms with Crippen molar-refractivity contribution in [2.45, 2.75) is 19.4 Å². The van der Waals surface area contributed by atoms with Crippen molar-refractivity contribution in [1.29, 1.82) is 0 Å². The van der Waals surface area contributed by atoms with E-state index in [2.05, 4.69) is 4.98 Å². The van der Waals surface area contributed by atoms with Crippen LogP contribution in [0.2, 0.25) is 0 Å². The number of fused-ring (bicyclic) bond motifs is 1. The van der Waals surface area contributed by atoms with Crippen LogP contribution in [0.5, 0.6) is 11.5 Å². The highest BCUT2D eigenvalue weighted by Gasteiger charge is 2.21. The first kappa shape index (κ1) is 12.0. The summed E-state index contributed by atoms with van der Waals surface area (Å²) in [6.07, 6.45) is 3.55. The molecule has 0 radical (unpaired) electrons. The topological polar surface area (TPSA) is 62.3 Å². The van der Waals surface area contributed by atoms with Crippen LogP contribution in [-0.2, 0) is 5.54 Å². The van der Waals surface area contributed by atoms with Crippen LogP contribution < -0.4 is 15.2 Å². The predicted molar refractivity (Wildman–Crippen MR) is 71.8 cm³/mol. The molecule has 0 aliphatic carbocycles. The Hall–Kier alpha value is -2.01. The molecular formula is C14H17N3O2. The van der Waals surface area contributed by atoms with E-state index in [-0.39, 0.29) is 0 Å². The molecule has 0 spiro atoms. The average Bonchev–Trinajstić information content (AvgIpc) is 2.87. The molecule has 19 heavy (non-hydrogen) atoms. The molecule has 2 aromatic rings. The molecule has 1 aliphatic rings. The van der Waals surface area contributed by atoms with Crippen molar-refractivity contribution in [1.82, 2.24) is 9.55 Å². The van der Waals surface area contributed by atoms with E-state index < -0.39 is 5.54 Å². The first-order valence-electron chi connectivity index (χ1n) is 6.27. The SMILES string of the molecule is CC(C)(N)c1cncn1-c1ccc2c(c1)OCCO2. The van der Waals surface area contributed by atoms with Crippen molar-refractivity contribution in [3.8, 4) is 17.2 Å². The normalized spacial score (nSPS) is 14.5. The van der Waals surface area contributed by atoms with Gasteiger partial charge >= 0.3 is 0 Å². The minimum Gasteiger partial charge on any atom is -0.486 e. The number of aromatic nitrogens is 2. The maximum Gasteiger partial charge on any atom is 0.163 e. The van der Waals surface area contributed by atoms with Gasteiger partial charge in [-0.2, -0.15) is 0 Å². The summed E-state index contributed by atoms with van der Waals surface area (Å²) < 4.78 is 13.1. The lowest BCUT2D eigenvalue weighted by atomic mass is 10.0. The van der Waals surface area contributed by atoms with Crippen molar-refractivity contribution in [2.75, 3.05) is 13.2 Å². The third-order valence-electron chi connectivity index (χ3n) is 3.10. The average molecular weight is 259 g/mol. The van der Waals surface area contributed by atoms with Crippen LogP contribution in [0.25, 0.3) is 5.69 Å². The van der Waals surface area contributed by atoms with Gasteiger partial charge in [0.2, 0.25) is 0 Å². The zero-order valence-electron chi connectivity index (χ0n) is 11.1. The van der Waals surface area contributed by atoms with Crippen molar-refractivity contribution in [3.63, 3.8) is 0 Å². The summed E-state index contributed by atoms with van der Waals surface area (Å²) in [7, 11) is 0. The van der Waals surface area contributed by atoms with Gasteiger partial charge in [0.15, 0.2) is 11.5 Å². The molecule has 100 valence electrons. The van der Waals surface area contributed by atoms with Crippen molar-refractivity contribution in [2.24, 2.45) is 5.73 Å². The Balaban J connectivity index is 2.06. The molecular weight excluding hydrogens is 242 g/mol. The van der Waals surface area contributed by atoms with Crippen LogP contribution in [-0.4, -0.2) is 22.8 Å². The second kappa shape index (κ2) is 4.28. The molecule has 5 nitrogen and oxygen atoms in total. The van der Waals surface area contributed by atoms with Gasteiger partial charge < -0.3 is 19.8 Å². The van der Waals surface area contributed by atoms with Crippen molar-refractivity contribution in [3.05, 3.63) is 36.4 Å². The first-order valence-corrected chi connectivity index (χ1v) is 6.27. The molecule has 0 atom stereocenters. The van der Waals surface area contributed by atoms with Crippen LogP contribution in [0.3, 0.4) is 0 Å². The summed E-state index contributed by atoms with van der Waals surface area (Å²) in [6, 6.07) is 5.84. The maximum absolute atomic E-state index is 6.16. The van der Waals surface area contributed by atoms with Gasteiger partial charge in [0.05, 0.1) is 29.4 Å². The zero-order chi connectivity index (χ0) is 13.5. The number of nitrogens with two attached hydrogens (primary N) is 1. The fourth-order valence-corrected chi connectivity index (χ4v) is 2.16. The fraction of sp³-hybridized carbons (Fsp3) is 0.357. The summed E-state index contributed by atoms with van der Waals surface area (Å²) in [5, 5.41) is 0. The molecule has 1 aromatic carbocycles. The van der Waals surface area contributed by atoms with Crippen LogP contribution >= 0.6 is 0 Å². The Bertz CT molecular complexity index is 599. The molecule has 0 unspecified atom stereocenters. The standard InChI is InChI=1S/C14H17N3O2/c1-14(2,15)13-8-16-9-17(13)10-3-4-11-12(7-10)19-6-5-18-11/h3-4,7-9H,5-6,15H2,1-2H3. The third kappa shape index (κ3) is 2.17. The van der Waals surface area contributed by atoms with E-state index in [1.54, 1.807) is 12.5 Å². The summed E-state index contributed by atoms with van der Waals surface area (Å²) in [5.41, 5.74) is 7.62. The Morgan fingerprint density at radius 2 is 1.95 bits per heavy atom. The summed E-state index contributed by atoms with van der Waals surface area (Å²) in [5.74, 6) is 1.54. The van der Waals surface area contributed by atoms with Crippen LogP contribution in [0, 0.1) is 0 Å². The number of hydrogen-bond acceptors (Lipinski definition) is 4. The molecule has 0 bridgehead atoms. The molecule has 2 heterocycles. The zero-order valence-corrected chi connectivity index (χ0v) is 11.1. The summed E-state index contributed by atoms with van der Waals surface area (Å²) >= 11 is 0. The van der Waals surface area contributed by atoms with Gasteiger partial charge in [-0.05, 0) is 26.0 Å². The molecule has 0 amide bonds. The van der Waals surface area contributed by atoms with Gasteiger partial charge in [-0.25, -0.2) is 4.98 Å². The van der Waals surface area contributed by atoms with Crippen LogP contribution in [0.1, 0.15) is 19.5 Å². The molecule has 2 N–H and O–H groups in total. The summed E-state index contributed by atoms with van der Waals surface area (Å²) in [6.45, 7) is 5.09. The fourth-order valence-electron chi connectivity index (χ4n) is 2.16. The molecule has 5 heteroatoms. The van der Waals surface area contributed by atoms with Gasteiger partial charge in [0, 0.05) is 6.07 Å². The van der Waals surface area contributed by atoms with Gasteiger partial charge in [-0.15, -0.1) is 0 Å². The highest BCUT2D eigenvalue weighted by atomic mass is 16.6. The Labute approximate surface area is 112 Å². The van der Waals surface area contributed by atoms with E-state index in [4.69, 9.17) is 15.2 Å². The Morgan fingerprint density at radius 3 is 2.68 bits per heavy atom. The minimum atomic E-state index is -0.455. The molecule has 1 aromatic heterocycles. The highest BCUT2D eigenvalue weighted by molar-refractivity contribution is 5.50. The van der Waals surface area contributed by atoms with E-state index in [9.17, 15) is 0 Å². The van der Waals surface area contributed by atoms with E-state index in [0.29, 0.717) is 13.2 Å². The molecule has 3 rings (SSSR count). The number of nitrogens with zero attached hydrogens (tertiary/aromatic N) is 2. The largest absolute Gasteiger partial charge is 0.486 e. The monoisotopic (exact) mass is 259 g/mol. The minimum absolute atomic E-state index is 0.455. The lowest BCUT2D eigenvalue weighted by molar-refractivity contribution is 0.171. The van der Waals surface area contributed by atoms with Crippen molar-refractivity contribution >= 4 is 0 Å². The molecule has 0 saturated carbocycles. The second-order valence-corrected chi connectivity index (χ2v) is 5.20. The van der Waals surface area contributed by atoms with Gasteiger partial charge in [0.25, 0.3) is 0 Å². The number of rotatable bonds is 2. The number of benzene rings is 1. The van der Waals surface area contributed by atoms with Crippen LogP contribution in [0.15, 0.2) is 30.7 Å². The predicted octanol–water partition coefficient (Wildman–Crippen LogP) is 1.84. The molecule has 0 fully saturated rings. The first-order chi connectivity index (χ1) is 9.05. The second-order valence-electron chi connectivity index (χ2n) is 5.20. The molecule has 0 saturated heterocycles. The quantitative estimate of drug-likeness (QED) is 0.893.